The van der Waals surface area contributed by atoms with Gasteiger partial charge in [-0.3, -0.25) is 4.99 Å². The number of rotatable bonds is 9. The molecule has 0 aliphatic carbocycles. The van der Waals surface area contributed by atoms with Crippen LogP contribution in [0, 0.1) is 5.41 Å². The van der Waals surface area contributed by atoms with Crippen molar-refractivity contribution in [2.75, 3.05) is 54.7 Å². The van der Waals surface area contributed by atoms with E-state index in [0.717, 1.165) is 18.6 Å². The van der Waals surface area contributed by atoms with Crippen LogP contribution in [0.25, 0.3) is 0 Å². The first kappa shape index (κ1) is 24.6. The van der Waals surface area contributed by atoms with Crippen molar-refractivity contribution in [3.05, 3.63) is 17.7 Å². The fourth-order valence-electron chi connectivity index (χ4n) is 3.21. The number of halogens is 1. The number of hydrogen-bond acceptors (Lipinski definition) is 6. The second-order valence-electron chi connectivity index (χ2n) is 6.57. The lowest BCUT2D eigenvalue weighted by Gasteiger charge is -2.27. The van der Waals surface area contributed by atoms with Gasteiger partial charge < -0.3 is 34.7 Å². The molecule has 1 aliphatic heterocycles. The Morgan fingerprint density at radius 2 is 1.82 bits per heavy atom. The minimum absolute atomic E-state index is 0. The van der Waals surface area contributed by atoms with E-state index < -0.39 is 0 Å². The zero-order valence-electron chi connectivity index (χ0n) is 17.0. The van der Waals surface area contributed by atoms with Gasteiger partial charge in [-0.2, -0.15) is 0 Å². The summed E-state index contributed by atoms with van der Waals surface area (Å²) in [5.74, 6) is 2.64. The van der Waals surface area contributed by atoms with Crippen molar-refractivity contribution in [1.29, 1.82) is 0 Å². The predicted molar refractivity (Wildman–Crippen MR) is 119 cm³/mol. The van der Waals surface area contributed by atoms with E-state index in [4.69, 9.17) is 18.9 Å². The number of nitrogens with zero attached hydrogens (tertiary/aromatic N) is 1. The van der Waals surface area contributed by atoms with Gasteiger partial charge in [0.15, 0.2) is 17.5 Å². The number of aliphatic imine (C=N–C) groups is 1. The van der Waals surface area contributed by atoms with E-state index >= 15 is 0 Å². The van der Waals surface area contributed by atoms with Gasteiger partial charge >= 0.3 is 0 Å². The molecule has 1 aliphatic rings. The lowest BCUT2D eigenvalue weighted by atomic mass is 9.84. The topological polar surface area (TPSA) is 93.6 Å². The first-order chi connectivity index (χ1) is 13.1. The largest absolute Gasteiger partial charge is 0.496 e. The molecule has 160 valence electrons. The summed E-state index contributed by atoms with van der Waals surface area (Å²) < 4.78 is 21.7. The molecule has 28 heavy (non-hydrogen) atoms. The van der Waals surface area contributed by atoms with E-state index in [9.17, 15) is 5.11 Å². The monoisotopic (exact) mass is 509 g/mol. The van der Waals surface area contributed by atoms with Crippen molar-refractivity contribution in [1.82, 2.24) is 10.6 Å². The van der Waals surface area contributed by atoms with E-state index in [1.54, 1.807) is 34.4 Å². The molecule has 1 unspecified atom stereocenters. The van der Waals surface area contributed by atoms with Crippen molar-refractivity contribution in [3.8, 4) is 17.2 Å². The Morgan fingerprint density at radius 3 is 2.36 bits per heavy atom. The Labute approximate surface area is 184 Å². The van der Waals surface area contributed by atoms with Crippen LogP contribution in [-0.2, 0) is 11.3 Å². The van der Waals surface area contributed by atoms with Crippen molar-refractivity contribution in [3.63, 3.8) is 0 Å². The highest BCUT2D eigenvalue weighted by Crippen LogP contribution is 2.34. The number of benzene rings is 1. The Kier molecular flexibility index (Phi) is 10.7. The van der Waals surface area contributed by atoms with Crippen LogP contribution in [0.5, 0.6) is 17.2 Å². The van der Waals surface area contributed by atoms with Crippen LogP contribution in [-0.4, -0.2) is 65.8 Å². The molecule has 0 spiro atoms. The summed E-state index contributed by atoms with van der Waals surface area (Å²) in [7, 11) is 6.55. The van der Waals surface area contributed by atoms with Crippen LogP contribution in [0.15, 0.2) is 17.1 Å². The quantitative estimate of drug-likeness (QED) is 0.266. The average Bonchev–Trinajstić information content (AvgIpc) is 3.16. The highest BCUT2D eigenvalue weighted by Gasteiger charge is 2.34. The maximum Gasteiger partial charge on any atom is 0.191 e. The number of aliphatic hydroxyl groups excluding tert-OH is 1. The summed E-state index contributed by atoms with van der Waals surface area (Å²) in [6.45, 7) is 2.74. The SMILES string of the molecule is CN=C(NCc1cc(OC)c(OC)cc1OC)NCC1(CCO)CCOC1.I. The molecule has 3 N–H and O–H groups in total. The van der Waals surface area contributed by atoms with Crippen LogP contribution in [0.4, 0.5) is 0 Å². The Morgan fingerprint density at radius 1 is 1.14 bits per heavy atom. The lowest BCUT2D eigenvalue weighted by Crippen LogP contribution is -2.44. The van der Waals surface area contributed by atoms with Gasteiger partial charge in [0.1, 0.15) is 5.75 Å². The van der Waals surface area contributed by atoms with Gasteiger partial charge in [0.2, 0.25) is 0 Å². The molecule has 1 aromatic carbocycles. The second kappa shape index (κ2) is 12.2. The van der Waals surface area contributed by atoms with Crippen molar-refractivity contribution >= 4 is 29.9 Å². The molecule has 1 aromatic rings. The molecule has 0 aromatic heterocycles. The minimum atomic E-state index is -0.0482. The highest BCUT2D eigenvalue weighted by molar-refractivity contribution is 14.0. The number of ether oxygens (including phenoxy) is 4. The summed E-state index contributed by atoms with van der Waals surface area (Å²) in [4.78, 5) is 4.28. The summed E-state index contributed by atoms with van der Waals surface area (Å²) in [6.07, 6.45) is 1.64. The molecular weight excluding hydrogens is 477 g/mol. The zero-order valence-corrected chi connectivity index (χ0v) is 19.4. The van der Waals surface area contributed by atoms with Gasteiger partial charge in [0.25, 0.3) is 0 Å². The summed E-state index contributed by atoms with van der Waals surface area (Å²) in [6, 6.07) is 3.69. The second-order valence-corrected chi connectivity index (χ2v) is 6.57. The number of methoxy groups -OCH3 is 3. The molecule has 0 bridgehead atoms. The van der Waals surface area contributed by atoms with Crippen LogP contribution in [0.2, 0.25) is 0 Å². The van der Waals surface area contributed by atoms with E-state index in [1.807, 2.05) is 6.07 Å². The molecule has 0 radical (unpaired) electrons. The van der Waals surface area contributed by atoms with Crippen molar-refractivity contribution in [2.45, 2.75) is 19.4 Å². The standard InChI is InChI=1S/C19H31N3O5.HI/c1-20-18(22-12-19(5-7-23)6-8-27-13-19)21-11-14-9-16(25-3)17(26-4)10-15(14)24-2;/h9-10,23H,5-8,11-13H2,1-4H3,(H2,20,21,22);1H. The van der Waals surface area contributed by atoms with Gasteiger partial charge in [0, 0.05) is 50.4 Å². The fourth-order valence-corrected chi connectivity index (χ4v) is 3.21. The molecule has 1 heterocycles. The maximum atomic E-state index is 9.35. The van der Waals surface area contributed by atoms with Crippen LogP contribution in [0.3, 0.4) is 0 Å². The maximum absolute atomic E-state index is 9.35. The lowest BCUT2D eigenvalue weighted by molar-refractivity contribution is 0.127. The molecule has 1 atom stereocenters. The third-order valence-corrected chi connectivity index (χ3v) is 4.91. The average molecular weight is 509 g/mol. The van der Waals surface area contributed by atoms with Crippen molar-refractivity contribution in [2.24, 2.45) is 10.4 Å². The zero-order chi connectivity index (χ0) is 19.7. The van der Waals surface area contributed by atoms with Crippen LogP contribution >= 0.6 is 24.0 Å². The van der Waals surface area contributed by atoms with Gasteiger partial charge in [-0.1, -0.05) is 0 Å². The normalized spacial score (nSPS) is 19.0. The third kappa shape index (κ3) is 6.28. The van der Waals surface area contributed by atoms with Crippen molar-refractivity contribution < 1.29 is 24.1 Å². The first-order valence-electron chi connectivity index (χ1n) is 9.03. The molecule has 0 amide bonds. The van der Waals surface area contributed by atoms with Gasteiger partial charge in [-0.25, -0.2) is 0 Å². The van der Waals surface area contributed by atoms with E-state index in [-0.39, 0.29) is 36.0 Å². The number of aliphatic hydroxyl groups is 1. The van der Waals surface area contributed by atoms with Gasteiger partial charge in [0.05, 0.1) is 27.9 Å². The molecule has 1 fully saturated rings. The number of nitrogens with one attached hydrogen (secondary N) is 2. The van der Waals surface area contributed by atoms with Gasteiger partial charge in [-0.15, -0.1) is 24.0 Å². The summed E-state index contributed by atoms with van der Waals surface area (Å²) >= 11 is 0. The smallest absolute Gasteiger partial charge is 0.191 e. The highest BCUT2D eigenvalue weighted by atomic mass is 127. The molecule has 8 nitrogen and oxygen atoms in total. The molecule has 2 rings (SSSR count). The van der Waals surface area contributed by atoms with Crippen LogP contribution in [0.1, 0.15) is 18.4 Å². The summed E-state index contributed by atoms with van der Waals surface area (Å²) in [5.41, 5.74) is 0.875. The Bertz CT molecular complexity index is 636. The van der Waals surface area contributed by atoms with Gasteiger partial charge in [-0.05, 0) is 18.9 Å². The Balaban J connectivity index is 0.00000392. The molecule has 9 heteroatoms. The fraction of sp³-hybridized carbons (Fsp3) is 0.632. The van der Waals surface area contributed by atoms with E-state index in [2.05, 4.69) is 15.6 Å². The Hall–Kier alpha value is -1.46. The van der Waals surface area contributed by atoms with Crippen LogP contribution < -0.4 is 24.8 Å². The summed E-state index contributed by atoms with van der Waals surface area (Å²) in [5, 5.41) is 16.0. The number of guanidine groups is 1. The molecule has 1 saturated heterocycles. The number of hydrogen-bond donors (Lipinski definition) is 3. The minimum Gasteiger partial charge on any atom is -0.496 e. The van der Waals surface area contributed by atoms with E-state index in [1.165, 1.54) is 0 Å². The predicted octanol–water partition coefficient (Wildman–Crippen LogP) is 1.78. The third-order valence-electron chi connectivity index (χ3n) is 4.91. The first-order valence-corrected chi connectivity index (χ1v) is 9.03. The van der Waals surface area contributed by atoms with E-state index in [0.29, 0.717) is 49.3 Å². The molecule has 0 saturated carbocycles. The molecular formula is C19H32IN3O5.